The van der Waals surface area contributed by atoms with Gasteiger partial charge in [0.15, 0.2) is 0 Å². The number of carbonyl (C=O) groups is 1. The minimum Gasteiger partial charge on any atom is -0.352 e. The van der Waals surface area contributed by atoms with E-state index in [4.69, 9.17) is 11.6 Å². The van der Waals surface area contributed by atoms with E-state index in [1.807, 2.05) is 0 Å². The third-order valence-corrected chi connectivity index (χ3v) is 3.62. The highest BCUT2D eigenvalue weighted by atomic mass is 35.5. The van der Waals surface area contributed by atoms with Gasteiger partial charge in [0.1, 0.15) is 11.0 Å². The highest BCUT2D eigenvalue weighted by Crippen LogP contribution is 2.16. The molecule has 1 aromatic rings. The van der Waals surface area contributed by atoms with Crippen LogP contribution in [0.25, 0.3) is 0 Å². The van der Waals surface area contributed by atoms with Gasteiger partial charge in [-0.1, -0.05) is 11.6 Å². The molecule has 0 spiro atoms. The van der Waals surface area contributed by atoms with Gasteiger partial charge >= 0.3 is 0 Å². The zero-order chi connectivity index (χ0) is 13.8. The molecule has 1 aromatic heterocycles. The molecule has 19 heavy (non-hydrogen) atoms. The van der Waals surface area contributed by atoms with Crippen LogP contribution in [0.2, 0.25) is 5.15 Å². The van der Waals surface area contributed by atoms with E-state index in [-0.39, 0.29) is 16.6 Å². The van der Waals surface area contributed by atoms with Gasteiger partial charge in [-0.25, -0.2) is 9.37 Å². The van der Waals surface area contributed by atoms with Gasteiger partial charge in [-0.2, -0.15) is 0 Å². The molecule has 1 fully saturated rings. The lowest BCUT2D eigenvalue weighted by Gasteiger charge is -2.29. The Morgan fingerprint density at radius 2 is 2.47 bits per heavy atom. The van der Waals surface area contributed by atoms with Crippen molar-refractivity contribution in [1.82, 2.24) is 15.2 Å². The number of hydrogen-bond acceptors (Lipinski definition) is 3. The molecule has 1 N–H and O–H groups in total. The number of amides is 1. The van der Waals surface area contributed by atoms with Crippen LogP contribution in [0.1, 0.15) is 23.2 Å². The number of pyridine rings is 1. The lowest BCUT2D eigenvalue weighted by Crippen LogP contribution is -2.39. The van der Waals surface area contributed by atoms with Gasteiger partial charge in [-0.3, -0.25) is 4.79 Å². The molecule has 2 rings (SSSR count). The number of hydrogen-bond donors (Lipinski definition) is 1. The normalized spacial score (nSPS) is 20.3. The van der Waals surface area contributed by atoms with E-state index in [0.717, 1.165) is 38.2 Å². The number of likely N-dealkylation sites (tertiary alicyclic amines) is 1. The molecule has 6 heteroatoms. The second kappa shape index (κ2) is 6.30. The zero-order valence-electron chi connectivity index (χ0n) is 10.8. The second-order valence-electron chi connectivity index (χ2n) is 4.97. The molecule has 1 saturated heterocycles. The number of piperidine rings is 1. The van der Waals surface area contributed by atoms with Gasteiger partial charge in [0.25, 0.3) is 5.91 Å². The summed E-state index contributed by atoms with van der Waals surface area (Å²) >= 11 is 5.79. The third kappa shape index (κ3) is 3.88. The van der Waals surface area contributed by atoms with Crippen LogP contribution in [0.3, 0.4) is 0 Å². The van der Waals surface area contributed by atoms with Crippen LogP contribution < -0.4 is 5.32 Å². The minimum atomic E-state index is -0.563. The molecule has 2 heterocycles. The Balaban J connectivity index is 1.92. The molecular weight excluding hydrogens is 269 g/mol. The molecular formula is C13H17ClFN3O. The first-order valence-electron chi connectivity index (χ1n) is 6.34. The SMILES string of the molecule is CN1CCCC(CNC(=O)c2cc(F)cnc2Cl)C1. The number of rotatable bonds is 3. The molecule has 0 radical (unpaired) electrons. The maximum absolute atomic E-state index is 13.0. The predicted octanol–water partition coefficient (Wildman–Crippen LogP) is 1.95. The first kappa shape index (κ1) is 14.2. The van der Waals surface area contributed by atoms with E-state index in [1.165, 1.54) is 0 Å². The Labute approximate surface area is 117 Å². The fourth-order valence-electron chi connectivity index (χ4n) is 2.35. The maximum atomic E-state index is 13.0. The number of nitrogens with zero attached hydrogens (tertiary/aromatic N) is 2. The van der Waals surface area contributed by atoms with Gasteiger partial charge in [0.05, 0.1) is 11.8 Å². The molecule has 1 aliphatic rings. The molecule has 104 valence electrons. The van der Waals surface area contributed by atoms with Crippen molar-refractivity contribution in [1.29, 1.82) is 0 Å². The van der Waals surface area contributed by atoms with E-state index in [0.29, 0.717) is 12.5 Å². The lowest BCUT2D eigenvalue weighted by molar-refractivity contribution is 0.0936. The monoisotopic (exact) mass is 285 g/mol. The topological polar surface area (TPSA) is 45.2 Å². The summed E-state index contributed by atoms with van der Waals surface area (Å²) in [6.45, 7) is 2.65. The molecule has 0 saturated carbocycles. The molecule has 1 unspecified atom stereocenters. The molecule has 0 aliphatic carbocycles. The van der Waals surface area contributed by atoms with Gasteiger partial charge in [-0.15, -0.1) is 0 Å². The van der Waals surface area contributed by atoms with Crippen molar-refractivity contribution >= 4 is 17.5 Å². The van der Waals surface area contributed by atoms with Crippen molar-refractivity contribution in [2.24, 2.45) is 5.92 Å². The average Bonchev–Trinajstić information content (AvgIpc) is 2.39. The van der Waals surface area contributed by atoms with Crippen molar-refractivity contribution in [2.75, 3.05) is 26.7 Å². The van der Waals surface area contributed by atoms with Crippen molar-refractivity contribution < 1.29 is 9.18 Å². The fourth-order valence-corrected chi connectivity index (χ4v) is 2.54. The van der Waals surface area contributed by atoms with Crippen molar-refractivity contribution in [3.8, 4) is 0 Å². The number of aromatic nitrogens is 1. The summed E-state index contributed by atoms with van der Waals surface area (Å²) in [5, 5.41) is 2.83. The van der Waals surface area contributed by atoms with E-state index < -0.39 is 5.82 Å². The van der Waals surface area contributed by atoms with Crippen molar-refractivity contribution in [3.63, 3.8) is 0 Å². The molecule has 1 atom stereocenters. The van der Waals surface area contributed by atoms with Crippen LogP contribution in [0, 0.1) is 11.7 Å². The Morgan fingerprint density at radius 1 is 1.68 bits per heavy atom. The first-order valence-corrected chi connectivity index (χ1v) is 6.72. The quantitative estimate of drug-likeness (QED) is 0.864. The average molecular weight is 286 g/mol. The summed E-state index contributed by atoms with van der Waals surface area (Å²) in [6.07, 6.45) is 3.23. The van der Waals surface area contributed by atoms with Crippen LogP contribution >= 0.6 is 11.6 Å². The number of carbonyl (C=O) groups excluding carboxylic acids is 1. The first-order chi connectivity index (χ1) is 9.06. The minimum absolute atomic E-state index is 0.0275. The summed E-state index contributed by atoms with van der Waals surface area (Å²) < 4.78 is 13.0. The van der Waals surface area contributed by atoms with E-state index in [2.05, 4.69) is 22.2 Å². The predicted molar refractivity (Wildman–Crippen MR) is 71.8 cm³/mol. The number of nitrogens with one attached hydrogen (secondary N) is 1. The zero-order valence-corrected chi connectivity index (χ0v) is 11.6. The summed E-state index contributed by atoms with van der Waals surface area (Å²) in [5.74, 6) is -0.500. The fraction of sp³-hybridized carbons (Fsp3) is 0.538. The van der Waals surface area contributed by atoms with Crippen LogP contribution in [-0.4, -0.2) is 42.5 Å². The Bertz CT molecular complexity index is 469. The van der Waals surface area contributed by atoms with Crippen LogP contribution in [0.5, 0.6) is 0 Å². The summed E-state index contributed by atoms with van der Waals surface area (Å²) in [5.41, 5.74) is 0.0887. The van der Waals surface area contributed by atoms with Gasteiger partial charge in [-0.05, 0) is 38.4 Å². The van der Waals surface area contributed by atoms with Crippen LogP contribution in [0.4, 0.5) is 4.39 Å². The van der Waals surface area contributed by atoms with E-state index in [9.17, 15) is 9.18 Å². The van der Waals surface area contributed by atoms with Gasteiger partial charge in [0.2, 0.25) is 0 Å². The molecule has 0 aromatic carbocycles. The smallest absolute Gasteiger partial charge is 0.254 e. The Hall–Kier alpha value is -1.20. The van der Waals surface area contributed by atoms with Crippen molar-refractivity contribution in [2.45, 2.75) is 12.8 Å². The molecule has 4 nitrogen and oxygen atoms in total. The largest absolute Gasteiger partial charge is 0.352 e. The van der Waals surface area contributed by atoms with Crippen LogP contribution in [-0.2, 0) is 0 Å². The highest BCUT2D eigenvalue weighted by Gasteiger charge is 2.19. The van der Waals surface area contributed by atoms with E-state index >= 15 is 0 Å². The standard InChI is InChI=1S/C13H17ClFN3O/c1-18-4-2-3-9(8-18)6-17-13(19)11-5-10(15)7-16-12(11)14/h5,7,9H,2-4,6,8H2,1H3,(H,17,19). The third-order valence-electron chi connectivity index (χ3n) is 3.32. The molecule has 1 aliphatic heterocycles. The number of halogens is 2. The van der Waals surface area contributed by atoms with E-state index in [1.54, 1.807) is 0 Å². The van der Waals surface area contributed by atoms with Gasteiger partial charge < -0.3 is 10.2 Å². The lowest BCUT2D eigenvalue weighted by atomic mass is 9.98. The summed E-state index contributed by atoms with van der Waals surface area (Å²) in [4.78, 5) is 17.8. The summed E-state index contributed by atoms with van der Waals surface area (Å²) in [7, 11) is 2.07. The second-order valence-corrected chi connectivity index (χ2v) is 5.33. The Morgan fingerprint density at radius 3 is 3.21 bits per heavy atom. The highest BCUT2D eigenvalue weighted by molar-refractivity contribution is 6.32. The van der Waals surface area contributed by atoms with Crippen molar-refractivity contribution in [3.05, 3.63) is 28.8 Å². The van der Waals surface area contributed by atoms with Crippen LogP contribution in [0.15, 0.2) is 12.3 Å². The molecule has 0 bridgehead atoms. The molecule has 1 amide bonds. The van der Waals surface area contributed by atoms with Gasteiger partial charge in [0, 0.05) is 13.1 Å². The Kier molecular flexibility index (Phi) is 4.71. The maximum Gasteiger partial charge on any atom is 0.254 e. The summed E-state index contributed by atoms with van der Waals surface area (Å²) in [6, 6.07) is 1.11.